The number of halogens is 1. The summed E-state index contributed by atoms with van der Waals surface area (Å²) in [6.07, 6.45) is 1.68. The first kappa shape index (κ1) is 13.7. The number of Topliss-reactive ketones (excluding diaryl/α,β-unsaturated/α-hetero) is 1. The molecule has 2 atom stereocenters. The molecule has 1 N–H and O–H groups in total. The van der Waals surface area contributed by atoms with Crippen LogP contribution < -0.4 is 5.32 Å². The number of hydrogen-bond acceptors (Lipinski definition) is 4. The van der Waals surface area contributed by atoms with Gasteiger partial charge in [-0.2, -0.15) is 5.10 Å². The fraction of sp³-hybridized carbons (Fsp3) is 0.667. The van der Waals surface area contributed by atoms with Gasteiger partial charge in [0.1, 0.15) is 5.69 Å². The highest BCUT2D eigenvalue weighted by molar-refractivity contribution is 9.10. The molecule has 0 amide bonds. The van der Waals surface area contributed by atoms with Crippen molar-refractivity contribution < 1.29 is 9.53 Å². The lowest BCUT2D eigenvalue weighted by molar-refractivity contribution is 0.0878. The molecule has 1 fully saturated rings. The van der Waals surface area contributed by atoms with E-state index in [9.17, 15) is 4.79 Å². The zero-order valence-corrected chi connectivity index (χ0v) is 12.4. The van der Waals surface area contributed by atoms with Crippen molar-refractivity contribution >= 4 is 21.7 Å². The summed E-state index contributed by atoms with van der Waals surface area (Å²) < 4.78 is 7.91. The Kier molecular flexibility index (Phi) is 4.19. The van der Waals surface area contributed by atoms with E-state index in [2.05, 4.69) is 26.3 Å². The summed E-state index contributed by atoms with van der Waals surface area (Å²) >= 11 is 3.41. The summed E-state index contributed by atoms with van der Waals surface area (Å²) in [4.78, 5) is 12.6. The maximum Gasteiger partial charge on any atom is 0.189 e. The van der Waals surface area contributed by atoms with Gasteiger partial charge in [0, 0.05) is 12.1 Å². The standard InChI is InChI=1S/C12H18BrN3O2/c1-7(2)16-11(9(13)4-15-16)12(17)8-5-18-6-10(8)14-3/h4,7-8,10,14H,5-6H2,1-3H3. The first-order chi connectivity index (χ1) is 8.56. The van der Waals surface area contributed by atoms with Crippen molar-refractivity contribution in [2.24, 2.45) is 5.92 Å². The zero-order chi connectivity index (χ0) is 13.3. The van der Waals surface area contributed by atoms with Crippen LogP contribution in [0.2, 0.25) is 0 Å². The maximum absolute atomic E-state index is 12.6. The van der Waals surface area contributed by atoms with Crippen LogP contribution in [-0.2, 0) is 4.74 Å². The van der Waals surface area contributed by atoms with Crippen LogP contribution >= 0.6 is 15.9 Å². The van der Waals surface area contributed by atoms with Gasteiger partial charge >= 0.3 is 0 Å². The molecule has 1 aliphatic heterocycles. The minimum atomic E-state index is -0.138. The molecule has 1 saturated heterocycles. The predicted molar refractivity (Wildman–Crippen MR) is 71.8 cm³/mol. The minimum Gasteiger partial charge on any atom is -0.379 e. The highest BCUT2D eigenvalue weighted by atomic mass is 79.9. The Balaban J connectivity index is 2.31. The number of carbonyl (C=O) groups is 1. The Bertz CT molecular complexity index is 445. The molecule has 0 bridgehead atoms. The number of nitrogens with one attached hydrogen (secondary N) is 1. The second kappa shape index (κ2) is 5.50. The van der Waals surface area contributed by atoms with E-state index in [0.717, 1.165) is 4.47 Å². The van der Waals surface area contributed by atoms with Crippen molar-refractivity contribution in [3.8, 4) is 0 Å². The molecule has 0 aliphatic carbocycles. The molecule has 2 heterocycles. The molecule has 6 heteroatoms. The molecule has 2 unspecified atom stereocenters. The third kappa shape index (κ3) is 2.37. The second-order valence-electron chi connectivity index (χ2n) is 4.78. The van der Waals surface area contributed by atoms with E-state index in [0.29, 0.717) is 18.9 Å². The number of ketones is 1. The molecule has 0 aromatic carbocycles. The maximum atomic E-state index is 12.6. The largest absolute Gasteiger partial charge is 0.379 e. The minimum absolute atomic E-state index is 0.0833. The summed E-state index contributed by atoms with van der Waals surface area (Å²) in [6.45, 7) is 5.08. The number of likely N-dealkylation sites (N-methyl/N-ethyl adjacent to an activating group) is 1. The van der Waals surface area contributed by atoms with Crippen LogP contribution in [0.3, 0.4) is 0 Å². The Morgan fingerprint density at radius 2 is 2.33 bits per heavy atom. The zero-order valence-electron chi connectivity index (χ0n) is 10.8. The number of aromatic nitrogens is 2. The van der Waals surface area contributed by atoms with Crippen LogP contribution in [0.25, 0.3) is 0 Å². The fourth-order valence-electron chi connectivity index (χ4n) is 2.24. The smallest absolute Gasteiger partial charge is 0.189 e. The lowest BCUT2D eigenvalue weighted by Crippen LogP contribution is -2.38. The van der Waals surface area contributed by atoms with Crippen molar-refractivity contribution in [3.63, 3.8) is 0 Å². The van der Waals surface area contributed by atoms with Gasteiger partial charge in [-0.3, -0.25) is 9.48 Å². The van der Waals surface area contributed by atoms with E-state index < -0.39 is 0 Å². The summed E-state index contributed by atoms with van der Waals surface area (Å²) in [7, 11) is 1.86. The number of hydrogen-bond donors (Lipinski definition) is 1. The van der Waals surface area contributed by atoms with Crippen LogP contribution in [-0.4, -0.2) is 41.9 Å². The van der Waals surface area contributed by atoms with Crippen molar-refractivity contribution in [3.05, 3.63) is 16.4 Å². The number of carbonyl (C=O) groups excluding carboxylic acids is 1. The van der Waals surface area contributed by atoms with Crippen molar-refractivity contribution in [2.45, 2.75) is 25.9 Å². The van der Waals surface area contributed by atoms with Gasteiger partial charge in [0.15, 0.2) is 5.78 Å². The van der Waals surface area contributed by atoms with E-state index in [1.165, 1.54) is 0 Å². The molecule has 1 aromatic rings. The van der Waals surface area contributed by atoms with Gasteiger partial charge in [-0.05, 0) is 36.8 Å². The van der Waals surface area contributed by atoms with E-state index in [4.69, 9.17) is 4.74 Å². The van der Waals surface area contributed by atoms with E-state index in [1.54, 1.807) is 10.9 Å². The van der Waals surface area contributed by atoms with Crippen LogP contribution in [0, 0.1) is 5.92 Å². The highest BCUT2D eigenvalue weighted by Crippen LogP contribution is 2.26. The summed E-state index contributed by atoms with van der Waals surface area (Å²) in [5.41, 5.74) is 0.640. The monoisotopic (exact) mass is 315 g/mol. The van der Waals surface area contributed by atoms with E-state index in [-0.39, 0.29) is 23.8 Å². The van der Waals surface area contributed by atoms with Crippen LogP contribution in [0.15, 0.2) is 10.7 Å². The number of rotatable bonds is 4. The molecular formula is C12H18BrN3O2. The first-order valence-corrected chi connectivity index (χ1v) is 6.87. The average Bonchev–Trinajstić information content (AvgIpc) is 2.93. The van der Waals surface area contributed by atoms with Crippen LogP contribution in [0.5, 0.6) is 0 Å². The van der Waals surface area contributed by atoms with E-state index >= 15 is 0 Å². The molecule has 0 radical (unpaired) electrons. The average molecular weight is 316 g/mol. The third-order valence-electron chi connectivity index (χ3n) is 3.26. The first-order valence-electron chi connectivity index (χ1n) is 6.08. The Labute approximate surface area is 115 Å². The van der Waals surface area contributed by atoms with Gasteiger partial charge in [-0.15, -0.1) is 0 Å². The molecule has 18 heavy (non-hydrogen) atoms. The SMILES string of the molecule is CNC1COCC1C(=O)c1c(Br)cnn1C(C)C. The van der Waals surface area contributed by atoms with Gasteiger partial charge in [0.2, 0.25) is 0 Å². The topological polar surface area (TPSA) is 56.1 Å². The summed E-state index contributed by atoms with van der Waals surface area (Å²) in [5.74, 6) is -0.0505. The quantitative estimate of drug-likeness (QED) is 0.858. The fourth-order valence-corrected chi connectivity index (χ4v) is 2.70. The molecule has 0 saturated carbocycles. The second-order valence-corrected chi connectivity index (χ2v) is 5.64. The van der Waals surface area contributed by atoms with Gasteiger partial charge < -0.3 is 10.1 Å². The molecule has 1 aliphatic rings. The van der Waals surface area contributed by atoms with Crippen molar-refractivity contribution in [1.82, 2.24) is 15.1 Å². The molecule has 100 valence electrons. The summed E-state index contributed by atoms with van der Waals surface area (Å²) in [6, 6.07) is 0.241. The lowest BCUT2D eigenvalue weighted by Gasteiger charge is -2.17. The number of ether oxygens (including phenoxy) is 1. The predicted octanol–water partition coefficient (Wildman–Crippen LogP) is 1.64. The Morgan fingerprint density at radius 3 is 2.94 bits per heavy atom. The Morgan fingerprint density at radius 1 is 1.61 bits per heavy atom. The molecule has 1 aromatic heterocycles. The van der Waals surface area contributed by atoms with Gasteiger partial charge in [-0.25, -0.2) is 0 Å². The summed E-state index contributed by atoms with van der Waals surface area (Å²) in [5, 5.41) is 7.38. The van der Waals surface area contributed by atoms with Crippen molar-refractivity contribution in [1.29, 1.82) is 0 Å². The van der Waals surface area contributed by atoms with E-state index in [1.807, 2.05) is 20.9 Å². The van der Waals surface area contributed by atoms with Crippen LogP contribution in [0.1, 0.15) is 30.4 Å². The van der Waals surface area contributed by atoms with Gasteiger partial charge in [0.05, 0.1) is 29.8 Å². The lowest BCUT2D eigenvalue weighted by atomic mass is 9.96. The molecule has 2 rings (SSSR count). The molecule has 0 spiro atoms. The third-order valence-corrected chi connectivity index (χ3v) is 3.84. The van der Waals surface area contributed by atoms with Crippen molar-refractivity contribution in [2.75, 3.05) is 20.3 Å². The van der Waals surface area contributed by atoms with Crippen LogP contribution in [0.4, 0.5) is 0 Å². The van der Waals surface area contributed by atoms with Gasteiger partial charge in [0.25, 0.3) is 0 Å². The van der Waals surface area contributed by atoms with Gasteiger partial charge in [-0.1, -0.05) is 0 Å². The molecular weight excluding hydrogens is 298 g/mol. The normalized spacial score (nSPS) is 23.8. The Hall–Kier alpha value is -0.720. The number of nitrogens with zero attached hydrogens (tertiary/aromatic N) is 2. The molecule has 5 nitrogen and oxygen atoms in total. The highest BCUT2D eigenvalue weighted by Gasteiger charge is 2.36.